The van der Waals surface area contributed by atoms with Gasteiger partial charge in [-0.3, -0.25) is 0 Å². The lowest BCUT2D eigenvalue weighted by Gasteiger charge is -2.30. The van der Waals surface area contributed by atoms with Crippen LogP contribution in [0.15, 0.2) is 23.1 Å². The Morgan fingerprint density at radius 2 is 1.94 bits per heavy atom. The van der Waals surface area contributed by atoms with E-state index in [9.17, 15) is 8.42 Å². The minimum atomic E-state index is -3.61. The Labute approximate surface area is 121 Å². The Kier molecular flexibility index (Phi) is 4.44. The molecule has 0 spiro atoms. The number of sulfonamides is 1. The standard InChI is InChI=1S/C11H12Cl3NO2S/c12-8-1-2-10(14)11(5-8)18(16,17)15-6-7-3-9(13)4-7/h1-2,5,7,9,15H,3-4,6H2. The van der Waals surface area contributed by atoms with Gasteiger partial charge in [0.2, 0.25) is 10.0 Å². The van der Waals surface area contributed by atoms with Crippen molar-refractivity contribution in [3.8, 4) is 0 Å². The number of benzene rings is 1. The molecule has 1 fully saturated rings. The van der Waals surface area contributed by atoms with Crippen molar-refractivity contribution in [2.24, 2.45) is 5.92 Å². The summed E-state index contributed by atoms with van der Waals surface area (Å²) in [6.45, 7) is 0.383. The SMILES string of the molecule is O=S(=O)(NCC1CC(Cl)C1)c1cc(Cl)ccc1Cl. The van der Waals surface area contributed by atoms with E-state index < -0.39 is 10.0 Å². The molecular weight excluding hydrogens is 317 g/mol. The molecule has 18 heavy (non-hydrogen) atoms. The van der Waals surface area contributed by atoms with Crippen molar-refractivity contribution in [3.05, 3.63) is 28.2 Å². The van der Waals surface area contributed by atoms with Gasteiger partial charge >= 0.3 is 0 Å². The smallest absolute Gasteiger partial charge is 0.211 e. The Balaban J connectivity index is 2.08. The molecule has 1 aliphatic carbocycles. The van der Waals surface area contributed by atoms with Crippen molar-refractivity contribution in [1.82, 2.24) is 4.72 Å². The highest BCUT2D eigenvalue weighted by Crippen LogP contribution is 2.32. The summed E-state index contributed by atoms with van der Waals surface area (Å²) in [6.07, 6.45) is 1.68. The lowest BCUT2D eigenvalue weighted by molar-refractivity contribution is 0.324. The third-order valence-electron chi connectivity index (χ3n) is 2.92. The number of rotatable bonds is 4. The normalized spacial score (nSPS) is 23.7. The van der Waals surface area contributed by atoms with Crippen LogP contribution in [0.2, 0.25) is 10.0 Å². The molecule has 1 aromatic rings. The Bertz CT molecular complexity index is 541. The van der Waals surface area contributed by atoms with Crippen LogP contribution < -0.4 is 4.72 Å². The predicted molar refractivity (Wildman–Crippen MR) is 74.0 cm³/mol. The van der Waals surface area contributed by atoms with Crippen LogP contribution in [0.3, 0.4) is 0 Å². The number of hydrogen-bond acceptors (Lipinski definition) is 2. The van der Waals surface area contributed by atoms with Gasteiger partial charge in [-0.25, -0.2) is 13.1 Å². The molecule has 0 unspecified atom stereocenters. The van der Waals surface area contributed by atoms with Crippen LogP contribution in [0.1, 0.15) is 12.8 Å². The van der Waals surface area contributed by atoms with Gasteiger partial charge < -0.3 is 0 Å². The second kappa shape index (κ2) is 5.55. The molecule has 0 saturated heterocycles. The zero-order valence-electron chi connectivity index (χ0n) is 9.37. The molecular formula is C11H12Cl3NO2S. The summed E-state index contributed by atoms with van der Waals surface area (Å²) in [4.78, 5) is 0.0124. The molecule has 2 rings (SSSR count). The molecule has 0 heterocycles. The van der Waals surface area contributed by atoms with Crippen LogP contribution in [0, 0.1) is 5.92 Å². The summed E-state index contributed by atoms with van der Waals surface area (Å²) in [6, 6.07) is 4.36. The molecule has 7 heteroatoms. The van der Waals surface area contributed by atoms with Crippen LogP contribution in [-0.4, -0.2) is 20.3 Å². The van der Waals surface area contributed by atoms with Gasteiger partial charge in [0, 0.05) is 16.9 Å². The fourth-order valence-electron chi connectivity index (χ4n) is 1.81. The summed E-state index contributed by atoms with van der Waals surface area (Å²) in [5.74, 6) is 0.306. The van der Waals surface area contributed by atoms with Crippen LogP contribution in [0.4, 0.5) is 0 Å². The second-order valence-electron chi connectivity index (χ2n) is 4.36. The highest BCUT2D eigenvalue weighted by molar-refractivity contribution is 7.89. The van der Waals surface area contributed by atoms with E-state index in [0.29, 0.717) is 17.5 Å². The lowest BCUT2D eigenvalue weighted by atomic mass is 9.85. The van der Waals surface area contributed by atoms with Crippen molar-refractivity contribution in [1.29, 1.82) is 0 Å². The molecule has 0 aliphatic heterocycles. The molecule has 0 amide bonds. The first kappa shape index (κ1) is 14.4. The summed E-state index contributed by atoms with van der Waals surface area (Å²) in [5, 5.41) is 0.675. The number of halogens is 3. The average molecular weight is 329 g/mol. The van der Waals surface area contributed by atoms with E-state index in [1.54, 1.807) is 6.07 Å². The Morgan fingerprint density at radius 3 is 2.56 bits per heavy atom. The highest BCUT2D eigenvalue weighted by Gasteiger charge is 2.29. The summed E-state index contributed by atoms with van der Waals surface area (Å²) in [7, 11) is -3.61. The molecule has 0 bridgehead atoms. The topological polar surface area (TPSA) is 46.2 Å². The van der Waals surface area contributed by atoms with E-state index >= 15 is 0 Å². The Morgan fingerprint density at radius 1 is 1.28 bits per heavy atom. The molecule has 100 valence electrons. The largest absolute Gasteiger partial charge is 0.242 e. The van der Waals surface area contributed by atoms with E-state index in [-0.39, 0.29) is 15.3 Å². The number of alkyl halides is 1. The van der Waals surface area contributed by atoms with Crippen LogP contribution in [-0.2, 0) is 10.0 Å². The zero-order chi connectivity index (χ0) is 13.3. The maximum absolute atomic E-state index is 12.0. The highest BCUT2D eigenvalue weighted by atomic mass is 35.5. The maximum Gasteiger partial charge on any atom is 0.242 e. The molecule has 1 aliphatic rings. The Hall–Kier alpha value is -0.000000000000000167. The summed E-state index contributed by atoms with van der Waals surface area (Å²) < 4.78 is 26.6. The maximum atomic E-state index is 12.0. The van der Waals surface area contributed by atoms with Crippen molar-refractivity contribution in [2.75, 3.05) is 6.54 Å². The van der Waals surface area contributed by atoms with Crippen LogP contribution in [0.25, 0.3) is 0 Å². The van der Waals surface area contributed by atoms with E-state index in [1.165, 1.54) is 12.1 Å². The van der Waals surface area contributed by atoms with Gasteiger partial charge in [-0.1, -0.05) is 23.2 Å². The van der Waals surface area contributed by atoms with E-state index in [4.69, 9.17) is 34.8 Å². The van der Waals surface area contributed by atoms with Gasteiger partial charge in [0.15, 0.2) is 0 Å². The minimum absolute atomic E-state index is 0.0124. The van der Waals surface area contributed by atoms with E-state index in [2.05, 4.69) is 4.72 Å². The molecule has 0 radical (unpaired) electrons. The molecule has 0 aromatic heterocycles. The average Bonchev–Trinajstić information content (AvgIpc) is 2.26. The number of hydrogen-bond donors (Lipinski definition) is 1. The van der Waals surface area contributed by atoms with Gasteiger partial charge in [-0.15, -0.1) is 11.6 Å². The van der Waals surface area contributed by atoms with E-state index in [1.807, 2.05) is 0 Å². The first-order valence-corrected chi connectivity index (χ1v) is 8.15. The fraction of sp³-hybridized carbons (Fsp3) is 0.455. The quantitative estimate of drug-likeness (QED) is 0.862. The molecule has 1 saturated carbocycles. The zero-order valence-corrected chi connectivity index (χ0v) is 12.5. The van der Waals surface area contributed by atoms with Crippen LogP contribution >= 0.6 is 34.8 Å². The lowest BCUT2D eigenvalue weighted by Crippen LogP contribution is -2.36. The summed E-state index contributed by atoms with van der Waals surface area (Å²) in [5.41, 5.74) is 0. The van der Waals surface area contributed by atoms with Crippen LogP contribution in [0.5, 0.6) is 0 Å². The number of nitrogens with one attached hydrogen (secondary N) is 1. The molecule has 1 N–H and O–H groups in total. The van der Waals surface area contributed by atoms with Gasteiger partial charge in [-0.05, 0) is 37.0 Å². The van der Waals surface area contributed by atoms with Crippen molar-refractivity contribution in [3.63, 3.8) is 0 Å². The van der Waals surface area contributed by atoms with Gasteiger partial charge in [0.1, 0.15) is 4.90 Å². The summed E-state index contributed by atoms with van der Waals surface area (Å²) >= 11 is 17.5. The second-order valence-corrected chi connectivity index (χ2v) is 7.56. The van der Waals surface area contributed by atoms with Gasteiger partial charge in [0.05, 0.1) is 5.02 Å². The molecule has 1 aromatic carbocycles. The van der Waals surface area contributed by atoms with Crippen molar-refractivity contribution < 1.29 is 8.42 Å². The monoisotopic (exact) mass is 327 g/mol. The molecule has 3 nitrogen and oxygen atoms in total. The van der Waals surface area contributed by atoms with Crippen molar-refractivity contribution in [2.45, 2.75) is 23.1 Å². The predicted octanol–water partition coefficient (Wildman–Crippen LogP) is 3.29. The first-order chi connectivity index (χ1) is 8.38. The van der Waals surface area contributed by atoms with Gasteiger partial charge in [0.25, 0.3) is 0 Å². The third-order valence-corrected chi connectivity index (χ3v) is 5.42. The van der Waals surface area contributed by atoms with E-state index in [0.717, 1.165) is 12.8 Å². The van der Waals surface area contributed by atoms with Crippen molar-refractivity contribution >= 4 is 44.8 Å². The first-order valence-electron chi connectivity index (χ1n) is 5.47. The fourth-order valence-corrected chi connectivity index (χ4v) is 4.19. The van der Waals surface area contributed by atoms with Gasteiger partial charge in [-0.2, -0.15) is 0 Å². The minimum Gasteiger partial charge on any atom is -0.211 e. The molecule has 0 atom stereocenters. The third kappa shape index (κ3) is 3.31.